The second-order valence-electron chi connectivity index (χ2n) is 7.49. The highest BCUT2D eigenvalue weighted by Crippen LogP contribution is 2.49. The molecule has 0 radical (unpaired) electrons. The maximum absolute atomic E-state index is 13.2. The Morgan fingerprint density at radius 2 is 1.94 bits per heavy atom. The fourth-order valence-corrected chi connectivity index (χ4v) is 4.25. The van der Waals surface area contributed by atoms with Crippen LogP contribution < -0.4 is 18.9 Å². The van der Waals surface area contributed by atoms with Gasteiger partial charge in [-0.25, -0.2) is 0 Å². The fraction of sp³-hybridized carbons (Fsp3) is 0.208. The molecule has 2 aromatic carbocycles. The topological polar surface area (TPSA) is 88.9 Å². The minimum atomic E-state index is -0.343. The predicted molar refractivity (Wildman–Crippen MR) is 114 cm³/mol. The van der Waals surface area contributed by atoms with Crippen molar-refractivity contribution in [2.24, 2.45) is 7.05 Å². The SMILES string of the molecule is COc1cccc(C=C2Oc3c(ccc4c3C(c3ccnn3C)CC(=O)O4)C2=O)c1OC. The predicted octanol–water partition coefficient (Wildman–Crippen LogP) is 3.49. The third-order valence-electron chi connectivity index (χ3n) is 5.72. The molecule has 3 heterocycles. The van der Waals surface area contributed by atoms with Gasteiger partial charge in [-0.2, -0.15) is 5.10 Å². The van der Waals surface area contributed by atoms with Crippen LogP contribution in [0.3, 0.4) is 0 Å². The normalized spacial score (nSPS) is 18.1. The first-order chi connectivity index (χ1) is 15.5. The van der Waals surface area contributed by atoms with Gasteiger partial charge in [-0.3, -0.25) is 14.3 Å². The summed E-state index contributed by atoms with van der Waals surface area (Å²) in [5, 5.41) is 4.22. The van der Waals surface area contributed by atoms with Crippen LogP contribution in [0.25, 0.3) is 6.08 Å². The molecule has 1 unspecified atom stereocenters. The number of allylic oxidation sites excluding steroid dienone is 1. The van der Waals surface area contributed by atoms with E-state index in [1.54, 1.807) is 48.3 Å². The van der Waals surface area contributed by atoms with Gasteiger partial charge in [0.25, 0.3) is 0 Å². The molecule has 0 fully saturated rings. The number of fused-ring (bicyclic) bond motifs is 3. The lowest BCUT2D eigenvalue weighted by molar-refractivity contribution is -0.135. The second-order valence-corrected chi connectivity index (χ2v) is 7.49. The molecule has 0 saturated carbocycles. The number of esters is 1. The molecule has 2 aliphatic rings. The summed E-state index contributed by atoms with van der Waals surface area (Å²) in [7, 11) is 4.90. The zero-order valence-corrected chi connectivity index (χ0v) is 17.7. The molecule has 8 nitrogen and oxygen atoms in total. The van der Waals surface area contributed by atoms with E-state index in [4.69, 9.17) is 18.9 Å². The van der Waals surface area contributed by atoms with E-state index in [0.717, 1.165) is 5.69 Å². The molecule has 0 bridgehead atoms. The lowest BCUT2D eigenvalue weighted by atomic mass is 9.87. The molecule has 5 rings (SSSR count). The summed E-state index contributed by atoms with van der Waals surface area (Å²) < 4.78 is 24.1. The van der Waals surface area contributed by atoms with Crippen molar-refractivity contribution in [1.29, 1.82) is 0 Å². The van der Waals surface area contributed by atoms with Gasteiger partial charge in [-0.05, 0) is 30.3 Å². The zero-order valence-electron chi connectivity index (χ0n) is 17.7. The highest BCUT2D eigenvalue weighted by molar-refractivity contribution is 6.15. The first kappa shape index (κ1) is 19.9. The molecule has 162 valence electrons. The van der Waals surface area contributed by atoms with Gasteiger partial charge in [-0.15, -0.1) is 0 Å². The number of para-hydroxylation sites is 1. The molecule has 1 aromatic heterocycles. The van der Waals surface area contributed by atoms with Crippen LogP contribution in [0.1, 0.15) is 39.5 Å². The molecular weight excluding hydrogens is 412 g/mol. The van der Waals surface area contributed by atoms with Crippen molar-refractivity contribution in [3.8, 4) is 23.0 Å². The van der Waals surface area contributed by atoms with Gasteiger partial charge >= 0.3 is 5.97 Å². The van der Waals surface area contributed by atoms with Crippen LogP contribution in [0, 0.1) is 0 Å². The van der Waals surface area contributed by atoms with Crippen molar-refractivity contribution in [1.82, 2.24) is 9.78 Å². The molecule has 32 heavy (non-hydrogen) atoms. The molecule has 8 heteroatoms. The van der Waals surface area contributed by atoms with Crippen LogP contribution in [0.5, 0.6) is 23.0 Å². The van der Waals surface area contributed by atoms with E-state index in [1.807, 2.05) is 19.2 Å². The molecule has 3 aromatic rings. The van der Waals surface area contributed by atoms with E-state index in [2.05, 4.69) is 5.10 Å². The molecular formula is C24H20N2O6. The van der Waals surface area contributed by atoms with Gasteiger partial charge < -0.3 is 18.9 Å². The highest BCUT2D eigenvalue weighted by atomic mass is 16.5. The minimum Gasteiger partial charge on any atom is -0.493 e. The first-order valence-corrected chi connectivity index (χ1v) is 10.0. The van der Waals surface area contributed by atoms with Crippen molar-refractivity contribution in [3.63, 3.8) is 0 Å². The van der Waals surface area contributed by atoms with Gasteiger partial charge in [-0.1, -0.05) is 12.1 Å². The van der Waals surface area contributed by atoms with Crippen LogP contribution in [-0.4, -0.2) is 35.8 Å². The highest BCUT2D eigenvalue weighted by Gasteiger charge is 2.39. The maximum atomic E-state index is 13.2. The van der Waals surface area contributed by atoms with E-state index in [0.29, 0.717) is 39.7 Å². The summed E-state index contributed by atoms with van der Waals surface area (Å²) in [6, 6.07) is 10.5. The van der Waals surface area contributed by atoms with Crippen LogP contribution in [0.4, 0.5) is 0 Å². The molecule has 0 spiro atoms. The number of carbonyl (C=O) groups excluding carboxylic acids is 2. The largest absolute Gasteiger partial charge is 0.493 e. The Morgan fingerprint density at radius 3 is 2.66 bits per heavy atom. The number of hydrogen-bond acceptors (Lipinski definition) is 7. The maximum Gasteiger partial charge on any atom is 0.312 e. The average Bonchev–Trinajstić information content (AvgIpc) is 3.35. The lowest BCUT2D eigenvalue weighted by Gasteiger charge is -2.26. The van der Waals surface area contributed by atoms with E-state index in [-0.39, 0.29) is 29.9 Å². The number of benzene rings is 2. The van der Waals surface area contributed by atoms with Crippen LogP contribution in [-0.2, 0) is 11.8 Å². The number of aryl methyl sites for hydroxylation is 1. The number of nitrogens with zero attached hydrogens (tertiary/aromatic N) is 2. The number of carbonyl (C=O) groups is 2. The van der Waals surface area contributed by atoms with Crippen LogP contribution >= 0.6 is 0 Å². The summed E-state index contributed by atoms with van der Waals surface area (Å²) in [6.45, 7) is 0. The Bertz CT molecular complexity index is 1290. The molecule has 2 aliphatic heterocycles. The van der Waals surface area contributed by atoms with E-state index in [9.17, 15) is 9.59 Å². The van der Waals surface area contributed by atoms with Crippen LogP contribution in [0.2, 0.25) is 0 Å². The number of ketones is 1. The van der Waals surface area contributed by atoms with Gasteiger partial charge in [0.05, 0.1) is 26.2 Å². The summed E-state index contributed by atoms with van der Waals surface area (Å²) in [5.41, 5.74) is 2.56. The number of ether oxygens (including phenoxy) is 4. The quantitative estimate of drug-likeness (QED) is 0.354. The van der Waals surface area contributed by atoms with E-state index >= 15 is 0 Å². The van der Waals surface area contributed by atoms with Crippen molar-refractivity contribution in [2.45, 2.75) is 12.3 Å². The van der Waals surface area contributed by atoms with Crippen molar-refractivity contribution >= 4 is 17.8 Å². The van der Waals surface area contributed by atoms with E-state index < -0.39 is 0 Å². The van der Waals surface area contributed by atoms with Crippen molar-refractivity contribution in [2.75, 3.05) is 14.2 Å². The molecule has 0 aliphatic carbocycles. The van der Waals surface area contributed by atoms with Crippen LogP contribution in [0.15, 0.2) is 48.4 Å². The van der Waals surface area contributed by atoms with Gasteiger partial charge in [0, 0.05) is 36.0 Å². The number of rotatable bonds is 4. The number of methoxy groups -OCH3 is 2. The zero-order chi connectivity index (χ0) is 22.4. The average molecular weight is 432 g/mol. The van der Waals surface area contributed by atoms with Gasteiger partial charge in [0.15, 0.2) is 17.3 Å². The molecule has 0 saturated heterocycles. The molecule has 0 amide bonds. The fourth-order valence-electron chi connectivity index (χ4n) is 4.25. The Labute approximate surface area is 184 Å². The van der Waals surface area contributed by atoms with Gasteiger partial charge in [0.2, 0.25) is 5.78 Å². The number of Topliss-reactive ketones (excluding diaryl/α,β-unsaturated/α-hetero) is 1. The summed E-state index contributed by atoms with van der Waals surface area (Å²) >= 11 is 0. The second kappa shape index (κ2) is 7.56. The standard InChI is InChI=1S/C24H20N2O6/c1-26-16(9-10-25-26)15-12-20(27)31-17-8-7-14-22(28)19(32-24(14)21(15)17)11-13-5-4-6-18(29-2)23(13)30-3/h4-11,15H,12H2,1-3H3. The summed E-state index contributed by atoms with van der Waals surface area (Å²) in [4.78, 5) is 25.4. The molecule has 1 atom stereocenters. The Hall–Kier alpha value is -4.07. The number of hydrogen-bond donors (Lipinski definition) is 0. The molecule has 0 N–H and O–H groups in total. The lowest BCUT2D eigenvalue weighted by Crippen LogP contribution is -2.23. The summed E-state index contributed by atoms with van der Waals surface area (Å²) in [5.74, 6) is 1.05. The van der Waals surface area contributed by atoms with Crippen molar-refractivity contribution in [3.05, 3.63) is 70.7 Å². The van der Waals surface area contributed by atoms with Crippen molar-refractivity contribution < 1.29 is 28.5 Å². The third kappa shape index (κ3) is 3.03. The smallest absolute Gasteiger partial charge is 0.312 e. The monoisotopic (exact) mass is 432 g/mol. The summed E-state index contributed by atoms with van der Waals surface area (Å²) in [6.07, 6.45) is 3.43. The Kier molecular flexibility index (Phi) is 4.70. The van der Waals surface area contributed by atoms with E-state index in [1.165, 1.54) is 7.11 Å². The minimum absolute atomic E-state index is 0.128. The Balaban J connectivity index is 1.62. The Morgan fingerprint density at radius 1 is 1.09 bits per heavy atom. The third-order valence-corrected chi connectivity index (χ3v) is 5.72. The van der Waals surface area contributed by atoms with Gasteiger partial charge in [0.1, 0.15) is 11.5 Å². The first-order valence-electron chi connectivity index (χ1n) is 10.0. The number of aromatic nitrogens is 2.